The summed E-state index contributed by atoms with van der Waals surface area (Å²) in [6.07, 6.45) is 0. The lowest BCUT2D eigenvalue weighted by Crippen LogP contribution is -2.21. The highest BCUT2D eigenvalue weighted by Gasteiger charge is 2.08. The van der Waals surface area contributed by atoms with Gasteiger partial charge in [-0.3, -0.25) is 0 Å². The Morgan fingerprint density at radius 3 is 2.59 bits per heavy atom. The third-order valence-corrected chi connectivity index (χ3v) is 2.47. The molecule has 98 valence electrons. The van der Waals surface area contributed by atoms with Crippen LogP contribution in [0.3, 0.4) is 0 Å². The van der Waals surface area contributed by atoms with Crippen LogP contribution in [0.4, 0.5) is 0 Å². The minimum atomic E-state index is 0.491. The number of aryl methyl sites for hydroxylation is 1. The Labute approximate surface area is 105 Å². The molecule has 0 spiro atoms. The van der Waals surface area contributed by atoms with Crippen molar-refractivity contribution in [2.75, 3.05) is 6.61 Å². The zero-order valence-electron chi connectivity index (χ0n) is 11.7. The minimum absolute atomic E-state index is 0.491. The van der Waals surface area contributed by atoms with Crippen LogP contribution in [0.25, 0.3) is 0 Å². The van der Waals surface area contributed by atoms with Crippen LogP contribution in [0.15, 0.2) is 10.5 Å². The monoisotopic (exact) mass is 239 g/mol. The molecule has 1 rings (SSSR count). The van der Waals surface area contributed by atoms with Crippen LogP contribution < -0.4 is 5.32 Å². The smallest absolute Gasteiger partial charge is 0.130 e. The first kappa shape index (κ1) is 14.3. The van der Waals surface area contributed by atoms with E-state index in [1.807, 2.05) is 6.92 Å². The quantitative estimate of drug-likeness (QED) is 0.793. The van der Waals surface area contributed by atoms with Crippen molar-refractivity contribution in [2.45, 2.75) is 53.8 Å². The van der Waals surface area contributed by atoms with Crippen LogP contribution in [0.5, 0.6) is 0 Å². The predicted octanol–water partition coefficient (Wildman–Crippen LogP) is 3.26. The van der Waals surface area contributed by atoms with E-state index >= 15 is 0 Å². The molecule has 0 aliphatic rings. The normalized spacial score (nSPS) is 11.7. The molecule has 3 heteroatoms. The molecule has 0 atom stereocenters. The molecule has 0 saturated heterocycles. The van der Waals surface area contributed by atoms with Gasteiger partial charge in [-0.2, -0.15) is 0 Å². The van der Waals surface area contributed by atoms with Gasteiger partial charge in [-0.1, -0.05) is 27.7 Å². The topological polar surface area (TPSA) is 34.4 Å². The average Bonchev–Trinajstić information content (AvgIpc) is 2.55. The summed E-state index contributed by atoms with van der Waals surface area (Å²) in [5, 5.41) is 3.39. The standard InChI is InChI=1S/C14H25NO2/c1-10(2)8-16-9-14-6-13(12(5)17-14)7-15-11(3)4/h6,10-11,15H,7-9H2,1-5H3. The summed E-state index contributed by atoms with van der Waals surface area (Å²) >= 11 is 0. The van der Waals surface area contributed by atoms with E-state index < -0.39 is 0 Å². The van der Waals surface area contributed by atoms with Crippen LogP contribution in [0.1, 0.15) is 44.8 Å². The highest BCUT2D eigenvalue weighted by atomic mass is 16.5. The maximum atomic E-state index is 5.66. The summed E-state index contributed by atoms with van der Waals surface area (Å²) in [7, 11) is 0. The Balaban J connectivity index is 2.44. The molecule has 0 amide bonds. The lowest BCUT2D eigenvalue weighted by atomic mass is 10.2. The van der Waals surface area contributed by atoms with Gasteiger partial charge in [0, 0.05) is 24.8 Å². The van der Waals surface area contributed by atoms with Gasteiger partial charge in [0.2, 0.25) is 0 Å². The van der Waals surface area contributed by atoms with E-state index in [0.717, 1.165) is 24.7 Å². The molecule has 0 radical (unpaired) electrons. The van der Waals surface area contributed by atoms with Crippen molar-refractivity contribution in [3.05, 3.63) is 23.2 Å². The summed E-state index contributed by atoms with van der Waals surface area (Å²) in [4.78, 5) is 0. The molecule has 0 unspecified atom stereocenters. The average molecular weight is 239 g/mol. The second-order valence-electron chi connectivity index (χ2n) is 5.24. The van der Waals surface area contributed by atoms with Crippen LogP contribution >= 0.6 is 0 Å². The minimum Gasteiger partial charge on any atom is -0.464 e. The van der Waals surface area contributed by atoms with Crippen LogP contribution in [-0.4, -0.2) is 12.6 Å². The SMILES string of the molecule is Cc1oc(COCC(C)C)cc1CNC(C)C. The summed E-state index contributed by atoms with van der Waals surface area (Å²) in [5.41, 5.74) is 1.22. The molecule has 0 fully saturated rings. The Morgan fingerprint density at radius 1 is 1.29 bits per heavy atom. The molecule has 1 heterocycles. The molecule has 1 aromatic heterocycles. The first-order valence-corrected chi connectivity index (χ1v) is 6.38. The van der Waals surface area contributed by atoms with Gasteiger partial charge in [0.1, 0.15) is 18.1 Å². The van der Waals surface area contributed by atoms with E-state index in [1.54, 1.807) is 0 Å². The van der Waals surface area contributed by atoms with E-state index in [9.17, 15) is 0 Å². The third-order valence-electron chi connectivity index (χ3n) is 2.47. The Bertz CT molecular complexity index is 329. The summed E-state index contributed by atoms with van der Waals surface area (Å²) in [6.45, 7) is 12.8. The zero-order chi connectivity index (χ0) is 12.8. The second kappa shape index (κ2) is 6.82. The third kappa shape index (κ3) is 5.37. The largest absolute Gasteiger partial charge is 0.464 e. The summed E-state index contributed by atoms with van der Waals surface area (Å²) < 4.78 is 11.2. The first-order valence-electron chi connectivity index (χ1n) is 6.38. The van der Waals surface area contributed by atoms with E-state index in [0.29, 0.717) is 18.6 Å². The van der Waals surface area contributed by atoms with Gasteiger partial charge < -0.3 is 14.5 Å². The molecule has 0 saturated carbocycles. The Kier molecular flexibility index (Phi) is 5.72. The van der Waals surface area contributed by atoms with E-state index in [-0.39, 0.29) is 0 Å². The van der Waals surface area contributed by atoms with Gasteiger partial charge in [0.25, 0.3) is 0 Å². The van der Waals surface area contributed by atoms with E-state index in [1.165, 1.54) is 5.56 Å². The molecular weight excluding hydrogens is 214 g/mol. The fraction of sp³-hybridized carbons (Fsp3) is 0.714. The number of furan rings is 1. The molecule has 0 aromatic carbocycles. The molecule has 1 N–H and O–H groups in total. The Morgan fingerprint density at radius 2 is 2.00 bits per heavy atom. The van der Waals surface area contributed by atoms with Crippen molar-refractivity contribution in [3.63, 3.8) is 0 Å². The Hall–Kier alpha value is -0.800. The number of ether oxygens (including phenoxy) is 1. The van der Waals surface area contributed by atoms with Crippen molar-refractivity contribution in [3.8, 4) is 0 Å². The maximum Gasteiger partial charge on any atom is 0.130 e. The second-order valence-corrected chi connectivity index (χ2v) is 5.24. The van der Waals surface area contributed by atoms with Crippen molar-refractivity contribution in [1.82, 2.24) is 5.32 Å². The summed E-state index contributed by atoms with van der Waals surface area (Å²) in [5.74, 6) is 2.47. The van der Waals surface area contributed by atoms with Crippen molar-refractivity contribution in [2.24, 2.45) is 5.92 Å². The predicted molar refractivity (Wildman–Crippen MR) is 69.9 cm³/mol. The van der Waals surface area contributed by atoms with Crippen molar-refractivity contribution >= 4 is 0 Å². The van der Waals surface area contributed by atoms with Crippen LogP contribution in [0, 0.1) is 12.8 Å². The molecule has 1 aromatic rings. The van der Waals surface area contributed by atoms with Gasteiger partial charge >= 0.3 is 0 Å². The highest BCUT2D eigenvalue weighted by molar-refractivity contribution is 5.20. The van der Waals surface area contributed by atoms with Gasteiger partial charge in [-0.25, -0.2) is 0 Å². The molecular formula is C14H25NO2. The van der Waals surface area contributed by atoms with E-state index in [4.69, 9.17) is 9.15 Å². The summed E-state index contributed by atoms with van der Waals surface area (Å²) in [6, 6.07) is 2.58. The highest BCUT2D eigenvalue weighted by Crippen LogP contribution is 2.15. The number of hydrogen-bond donors (Lipinski definition) is 1. The number of hydrogen-bond acceptors (Lipinski definition) is 3. The van der Waals surface area contributed by atoms with Crippen molar-refractivity contribution in [1.29, 1.82) is 0 Å². The molecule has 3 nitrogen and oxygen atoms in total. The van der Waals surface area contributed by atoms with Gasteiger partial charge in [0.15, 0.2) is 0 Å². The van der Waals surface area contributed by atoms with E-state index in [2.05, 4.69) is 39.1 Å². The lowest BCUT2D eigenvalue weighted by molar-refractivity contribution is 0.0841. The van der Waals surface area contributed by atoms with Crippen LogP contribution in [0.2, 0.25) is 0 Å². The maximum absolute atomic E-state index is 5.66. The van der Waals surface area contributed by atoms with Gasteiger partial charge in [-0.05, 0) is 18.9 Å². The fourth-order valence-electron chi connectivity index (χ4n) is 1.54. The molecule has 17 heavy (non-hydrogen) atoms. The lowest BCUT2D eigenvalue weighted by Gasteiger charge is -2.06. The van der Waals surface area contributed by atoms with Crippen LogP contribution in [-0.2, 0) is 17.9 Å². The fourth-order valence-corrected chi connectivity index (χ4v) is 1.54. The molecule has 0 aliphatic carbocycles. The number of rotatable bonds is 7. The van der Waals surface area contributed by atoms with Gasteiger partial charge in [-0.15, -0.1) is 0 Å². The zero-order valence-corrected chi connectivity index (χ0v) is 11.7. The van der Waals surface area contributed by atoms with Crippen molar-refractivity contribution < 1.29 is 9.15 Å². The van der Waals surface area contributed by atoms with Gasteiger partial charge in [0.05, 0.1) is 0 Å². The molecule has 0 aliphatic heterocycles. The molecule has 0 bridgehead atoms. The first-order chi connectivity index (χ1) is 7.99. The number of nitrogens with one attached hydrogen (secondary N) is 1.